The molecule has 1 N–H and O–H groups in total. The van der Waals surface area contributed by atoms with Crippen LogP contribution in [0, 0.1) is 0 Å². The lowest BCUT2D eigenvalue weighted by Gasteiger charge is -2.12. The van der Waals surface area contributed by atoms with Crippen LogP contribution in [-0.4, -0.2) is 39.9 Å². The summed E-state index contributed by atoms with van der Waals surface area (Å²) in [6.45, 7) is 3.96. The maximum Gasteiger partial charge on any atom is 0.243 e. The number of amides is 2. The minimum absolute atomic E-state index is 0.00879. The van der Waals surface area contributed by atoms with E-state index in [4.69, 9.17) is 27.6 Å². The molecule has 2 heterocycles. The fourth-order valence-electron chi connectivity index (χ4n) is 3.25. The van der Waals surface area contributed by atoms with Gasteiger partial charge in [-0.1, -0.05) is 41.0 Å². The lowest BCUT2D eigenvalue weighted by atomic mass is 10.2. The van der Waals surface area contributed by atoms with E-state index in [0.29, 0.717) is 32.4 Å². The van der Waals surface area contributed by atoms with E-state index in [1.54, 1.807) is 48.5 Å². The van der Waals surface area contributed by atoms with Gasteiger partial charge in [0.2, 0.25) is 11.8 Å². The van der Waals surface area contributed by atoms with Gasteiger partial charge in [0.05, 0.1) is 6.21 Å². The van der Waals surface area contributed by atoms with Crippen LogP contribution in [0.4, 0.5) is 5.69 Å². The second kappa shape index (κ2) is 11.4. The lowest BCUT2D eigenvalue weighted by molar-refractivity contribution is -0.127. The maximum absolute atomic E-state index is 12.9. The first kappa shape index (κ1) is 24.8. The van der Waals surface area contributed by atoms with Gasteiger partial charge in [-0.05, 0) is 60.7 Å². The second-order valence-electron chi connectivity index (χ2n) is 7.44. The van der Waals surface area contributed by atoms with Crippen LogP contribution in [0.5, 0.6) is 0 Å². The van der Waals surface area contributed by atoms with Crippen molar-refractivity contribution in [1.82, 2.24) is 4.90 Å². The molecule has 0 aliphatic carbocycles. The molecule has 178 valence electrons. The van der Waals surface area contributed by atoms with Crippen LogP contribution >= 0.6 is 35.0 Å². The molecule has 1 atom stereocenters. The molecule has 1 unspecified atom stereocenters. The predicted octanol–water partition coefficient (Wildman–Crippen LogP) is 6.10. The monoisotopic (exact) mass is 526 g/mol. The molecule has 0 radical (unpaired) electrons. The molecule has 0 saturated carbocycles. The first-order valence-electron chi connectivity index (χ1n) is 10.5. The number of halogens is 2. The third kappa shape index (κ3) is 6.42. The Kier molecular flexibility index (Phi) is 8.07. The molecule has 4 rings (SSSR count). The lowest BCUT2D eigenvalue weighted by Crippen LogP contribution is -2.33. The van der Waals surface area contributed by atoms with E-state index >= 15 is 0 Å². The van der Waals surface area contributed by atoms with Gasteiger partial charge in [0.1, 0.15) is 16.8 Å². The molecule has 2 amide bonds. The summed E-state index contributed by atoms with van der Waals surface area (Å²) in [7, 11) is 0. The van der Waals surface area contributed by atoms with E-state index < -0.39 is 5.25 Å². The van der Waals surface area contributed by atoms with E-state index in [0.717, 1.165) is 5.56 Å². The standard InChI is InChI=1S/C25H20Cl2N4O3S/c1-2-13-31-24(33)22(14-23(32)29-19-9-7-18(27)8-10-19)35-25(31)30-28-15-20-11-12-21(34-20)16-3-5-17(26)6-4-16/h2-12,15,22H,1,13-14H2,(H,29,32)/b28-15+,30-25-. The average Bonchev–Trinajstić information content (AvgIpc) is 3.42. The van der Waals surface area contributed by atoms with Gasteiger partial charge in [-0.2, -0.15) is 5.10 Å². The number of nitrogens with one attached hydrogen (secondary N) is 1. The molecule has 10 heteroatoms. The summed E-state index contributed by atoms with van der Waals surface area (Å²) in [5.74, 6) is 0.661. The topological polar surface area (TPSA) is 87.3 Å². The molecule has 2 aromatic carbocycles. The van der Waals surface area contributed by atoms with Crippen LogP contribution in [0.2, 0.25) is 10.0 Å². The highest BCUT2D eigenvalue weighted by Crippen LogP contribution is 2.30. The maximum atomic E-state index is 12.9. The molecule has 1 saturated heterocycles. The molecule has 1 aromatic heterocycles. The van der Waals surface area contributed by atoms with Crippen molar-refractivity contribution in [2.75, 3.05) is 11.9 Å². The molecule has 1 aliphatic heterocycles. The highest BCUT2D eigenvalue weighted by Gasteiger charge is 2.38. The number of anilines is 1. The zero-order chi connectivity index (χ0) is 24.8. The Bertz CT molecular complexity index is 1290. The van der Waals surface area contributed by atoms with Crippen LogP contribution in [0.15, 0.2) is 87.9 Å². The van der Waals surface area contributed by atoms with E-state index in [-0.39, 0.29) is 24.8 Å². The summed E-state index contributed by atoms with van der Waals surface area (Å²) >= 11 is 13.0. The van der Waals surface area contributed by atoms with Crippen molar-refractivity contribution in [3.8, 4) is 11.3 Å². The molecular formula is C25H20Cl2N4O3S. The molecule has 35 heavy (non-hydrogen) atoms. The van der Waals surface area contributed by atoms with Crippen molar-refractivity contribution < 1.29 is 14.0 Å². The summed E-state index contributed by atoms with van der Waals surface area (Å²) in [5.41, 5.74) is 1.49. The Labute approximate surface area is 216 Å². The number of amidine groups is 1. The van der Waals surface area contributed by atoms with Gasteiger partial charge >= 0.3 is 0 Å². The quantitative estimate of drug-likeness (QED) is 0.218. The summed E-state index contributed by atoms with van der Waals surface area (Å²) < 4.78 is 5.78. The summed E-state index contributed by atoms with van der Waals surface area (Å²) in [5, 5.41) is 12.0. The van der Waals surface area contributed by atoms with E-state index in [2.05, 4.69) is 22.1 Å². The highest BCUT2D eigenvalue weighted by atomic mass is 35.5. The number of benzene rings is 2. The number of thioether (sulfide) groups is 1. The number of nitrogens with zero attached hydrogens (tertiary/aromatic N) is 3. The first-order chi connectivity index (χ1) is 16.9. The van der Waals surface area contributed by atoms with E-state index in [9.17, 15) is 9.59 Å². The molecule has 1 aliphatic rings. The van der Waals surface area contributed by atoms with Gasteiger partial charge in [-0.25, -0.2) is 0 Å². The summed E-state index contributed by atoms with van der Waals surface area (Å²) in [6.07, 6.45) is 3.05. The highest BCUT2D eigenvalue weighted by molar-refractivity contribution is 8.15. The smallest absolute Gasteiger partial charge is 0.243 e. The van der Waals surface area contributed by atoms with Crippen molar-refractivity contribution in [1.29, 1.82) is 0 Å². The SMILES string of the molecule is C=CCN1C(=O)C(CC(=O)Nc2ccc(Cl)cc2)S/C1=N\N=C\c1ccc(-c2ccc(Cl)cc2)o1. The van der Waals surface area contributed by atoms with Crippen molar-refractivity contribution >= 4 is 63.8 Å². The predicted molar refractivity (Wildman–Crippen MR) is 142 cm³/mol. The molecule has 3 aromatic rings. The summed E-state index contributed by atoms with van der Waals surface area (Å²) in [6, 6.07) is 17.6. The zero-order valence-corrected chi connectivity index (χ0v) is 20.7. The van der Waals surface area contributed by atoms with Crippen LogP contribution in [-0.2, 0) is 9.59 Å². The Balaban J connectivity index is 1.42. The Morgan fingerprint density at radius 1 is 1.09 bits per heavy atom. The number of hydrogen-bond donors (Lipinski definition) is 1. The number of furan rings is 1. The minimum atomic E-state index is -0.615. The van der Waals surface area contributed by atoms with E-state index in [1.165, 1.54) is 22.9 Å². The second-order valence-corrected chi connectivity index (χ2v) is 9.48. The fraction of sp³-hybridized carbons (Fsp3) is 0.120. The molecule has 1 fully saturated rings. The number of rotatable bonds is 8. The van der Waals surface area contributed by atoms with Gasteiger partial charge in [0.25, 0.3) is 0 Å². The first-order valence-corrected chi connectivity index (χ1v) is 12.2. The molecule has 0 bridgehead atoms. The van der Waals surface area contributed by atoms with Crippen molar-refractivity contribution in [3.63, 3.8) is 0 Å². The Morgan fingerprint density at radius 3 is 2.46 bits per heavy atom. The average molecular weight is 527 g/mol. The van der Waals surface area contributed by atoms with Gasteiger partial charge in [-0.3, -0.25) is 14.5 Å². The van der Waals surface area contributed by atoms with Crippen LogP contribution in [0.3, 0.4) is 0 Å². The van der Waals surface area contributed by atoms with Gasteiger partial charge in [-0.15, -0.1) is 11.7 Å². The van der Waals surface area contributed by atoms with Crippen LogP contribution in [0.25, 0.3) is 11.3 Å². The van der Waals surface area contributed by atoms with Gasteiger partial charge < -0.3 is 9.73 Å². The zero-order valence-electron chi connectivity index (χ0n) is 18.4. The minimum Gasteiger partial charge on any atom is -0.455 e. The number of carbonyl (C=O) groups is 2. The molecule has 7 nitrogen and oxygen atoms in total. The third-order valence-electron chi connectivity index (χ3n) is 4.91. The van der Waals surface area contributed by atoms with Crippen molar-refractivity contribution in [2.45, 2.75) is 11.7 Å². The Morgan fingerprint density at radius 2 is 1.77 bits per heavy atom. The van der Waals surface area contributed by atoms with Crippen LogP contribution in [0.1, 0.15) is 12.2 Å². The Hall–Kier alpha value is -3.33. The number of carbonyl (C=O) groups excluding carboxylic acids is 2. The van der Waals surface area contributed by atoms with Crippen LogP contribution < -0.4 is 5.32 Å². The van der Waals surface area contributed by atoms with E-state index in [1.807, 2.05) is 18.2 Å². The normalized spacial score (nSPS) is 16.9. The van der Waals surface area contributed by atoms with Crippen molar-refractivity contribution in [2.24, 2.45) is 10.2 Å². The largest absolute Gasteiger partial charge is 0.455 e. The van der Waals surface area contributed by atoms with Gasteiger partial charge in [0.15, 0.2) is 5.17 Å². The molecule has 0 spiro atoms. The van der Waals surface area contributed by atoms with Crippen molar-refractivity contribution in [3.05, 3.63) is 89.1 Å². The summed E-state index contributed by atoms with van der Waals surface area (Å²) in [4.78, 5) is 26.8. The third-order valence-corrected chi connectivity index (χ3v) is 6.58. The fourth-order valence-corrected chi connectivity index (χ4v) is 4.61. The molecular weight excluding hydrogens is 507 g/mol. The van der Waals surface area contributed by atoms with Gasteiger partial charge in [0, 0.05) is 34.3 Å². The number of hydrogen-bond acceptors (Lipinski definition) is 6.